The van der Waals surface area contributed by atoms with Gasteiger partial charge in [0.2, 0.25) is 5.91 Å². The summed E-state index contributed by atoms with van der Waals surface area (Å²) in [5, 5.41) is 0. The number of ether oxygens (including phenoxy) is 1. The first-order chi connectivity index (χ1) is 7.14. The SMILES string of the molecule is CC1(OC=O)CCN2C(=O)CSCC2C1. The Morgan fingerprint density at radius 3 is 3.20 bits per heavy atom. The van der Waals surface area contributed by atoms with Gasteiger partial charge in [0.05, 0.1) is 5.75 Å². The number of hydrogen-bond acceptors (Lipinski definition) is 4. The highest BCUT2D eigenvalue weighted by molar-refractivity contribution is 8.00. The van der Waals surface area contributed by atoms with Gasteiger partial charge in [-0.05, 0) is 6.92 Å². The van der Waals surface area contributed by atoms with E-state index in [1.54, 1.807) is 11.8 Å². The van der Waals surface area contributed by atoms with Crippen LogP contribution in [0.3, 0.4) is 0 Å². The first kappa shape index (κ1) is 10.8. The Hall–Kier alpha value is -0.710. The average Bonchev–Trinajstić information content (AvgIpc) is 2.17. The Morgan fingerprint density at radius 2 is 2.47 bits per heavy atom. The zero-order valence-corrected chi connectivity index (χ0v) is 9.59. The Labute approximate surface area is 93.3 Å². The Balaban J connectivity index is 2.05. The first-order valence-electron chi connectivity index (χ1n) is 5.13. The van der Waals surface area contributed by atoms with Crippen LogP contribution in [0.2, 0.25) is 0 Å². The lowest BCUT2D eigenvalue weighted by Crippen LogP contribution is -2.55. The molecule has 15 heavy (non-hydrogen) atoms. The maximum atomic E-state index is 11.6. The van der Waals surface area contributed by atoms with E-state index in [1.807, 2.05) is 11.8 Å². The van der Waals surface area contributed by atoms with Crippen molar-refractivity contribution in [2.24, 2.45) is 0 Å². The molecule has 1 amide bonds. The van der Waals surface area contributed by atoms with E-state index in [2.05, 4.69) is 0 Å². The standard InChI is InChI=1S/C10H15NO3S/c1-10(14-7-12)2-3-11-8(4-10)5-15-6-9(11)13/h7-8H,2-6H2,1H3. The van der Waals surface area contributed by atoms with E-state index in [-0.39, 0.29) is 17.6 Å². The molecule has 5 heteroatoms. The van der Waals surface area contributed by atoms with Crippen molar-refractivity contribution >= 4 is 24.1 Å². The van der Waals surface area contributed by atoms with Gasteiger partial charge in [0.25, 0.3) is 6.47 Å². The topological polar surface area (TPSA) is 46.6 Å². The number of thioether (sulfide) groups is 1. The van der Waals surface area contributed by atoms with Crippen molar-refractivity contribution in [1.82, 2.24) is 4.90 Å². The van der Waals surface area contributed by atoms with Crippen LogP contribution in [0.15, 0.2) is 0 Å². The number of carbonyl (C=O) groups is 2. The monoisotopic (exact) mass is 229 g/mol. The Morgan fingerprint density at radius 1 is 1.67 bits per heavy atom. The van der Waals surface area contributed by atoms with Crippen LogP contribution in [0, 0.1) is 0 Å². The van der Waals surface area contributed by atoms with E-state index in [1.165, 1.54) is 0 Å². The molecule has 2 fully saturated rings. The van der Waals surface area contributed by atoms with Gasteiger partial charge >= 0.3 is 0 Å². The third-order valence-corrected chi connectivity index (χ3v) is 4.25. The molecule has 0 aromatic heterocycles. The van der Waals surface area contributed by atoms with E-state index >= 15 is 0 Å². The minimum absolute atomic E-state index is 0.226. The maximum absolute atomic E-state index is 11.6. The van der Waals surface area contributed by atoms with Crippen molar-refractivity contribution in [3.05, 3.63) is 0 Å². The summed E-state index contributed by atoms with van der Waals surface area (Å²) in [5.74, 6) is 1.79. The molecule has 2 unspecified atom stereocenters. The summed E-state index contributed by atoms with van der Waals surface area (Å²) in [4.78, 5) is 23.9. The van der Waals surface area contributed by atoms with Crippen molar-refractivity contribution in [2.75, 3.05) is 18.1 Å². The van der Waals surface area contributed by atoms with Gasteiger partial charge in [-0.3, -0.25) is 9.59 Å². The molecular weight excluding hydrogens is 214 g/mol. The second-order valence-electron chi connectivity index (χ2n) is 4.37. The number of amides is 1. The highest BCUT2D eigenvalue weighted by Gasteiger charge is 2.41. The molecule has 0 N–H and O–H groups in total. The summed E-state index contributed by atoms with van der Waals surface area (Å²) in [6.45, 7) is 3.18. The van der Waals surface area contributed by atoms with Gasteiger partial charge in [-0.25, -0.2) is 0 Å². The van der Waals surface area contributed by atoms with Gasteiger partial charge in [-0.15, -0.1) is 11.8 Å². The van der Waals surface area contributed by atoms with E-state index in [9.17, 15) is 9.59 Å². The molecule has 0 aromatic rings. The van der Waals surface area contributed by atoms with Crippen LogP contribution in [-0.4, -0.2) is 47.0 Å². The highest BCUT2D eigenvalue weighted by atomic mass is 32.2. The Bertz CT molecular complexity index is 284. The lowest BCUT2D eigenvalue weighted by atomic mass is 9.88. The molecule has 2 rings (SSSR count). The summed E-state index contributed by atoms with van der Waals surface area (Å²) in [7, 11) is 0. The molecular formula is C10H15NO3S. The summed E-state index contributed by atoms with van der Waals surface area (Å²) in [5.41, 5.74) is -0.374. The zero-order valence-electron chi connectivity index (χ0n) is 8.77. The maximum Gasteiger partial charge on any atom is 0.293 e. The molecule has 0 saturated carbocycles. The van der Waals surface area contributed by atoms with Crippen LogP contribution in [0.1, 0.15) is 19.8 Å². The van der Waals surface area contributed by atoms with E-state index < -0.39 is 0 Å². The van der Waals surface area contributed by atoms with Gasteiger partial charge in [-0.2, -0.15) is 0 Å². The molecule has 0 aliphatic carbocycles. The number of nitrogens with zero attached hydrogens (tertiary/aromatic N) is 1. The molecule has 0 radical (unpaired) electrons. The van der Waals surface area contributed by atoms with Crippen molar-refractivity contribution in [2.45, 2.75) is 31.4 Å². The van der Waals surface area contributed by atoms with Gasteiger partial charge in [0.15, 0.2) is 0 Å². The number of piperidine rings is 1. The number of fused-ring (bicyclic) bond motifs is 1. The molecule has 4 nitrogen and oxygen atoms in total. The third-order valence-electron chi connectivity index (χ3n) is 3.18. The molecule has 2 aliphatic rings. The lowest BCUT2D eigenvalue weighted by Gasteiger charge is -2.45. The van der Waals surface area contributed by atoms with Gasteiger partial charge in [0.1, 0.15) is 5.60 Å². The van der Waals surface area contributed by atoms with E-state index in [0.29, 0.717) is 18.8 Å². The molecule has 0 spiro atoms. The largest absolute Gasteiger partial charge is 0.461 e. The fourth-order valence-corrected chi connectivity index (χ4v) is 3.34. The molecule has 2 atom stereocenters. The second-order valence-corrected chi connectivity index (χ2v) is 5.40. The zero-order chi connectivity index (χ0) is 10.9. The van der Waals surface area contributed by atoms with Crippen LogP contribution in [-0.2, 0) is 14.3 Å². The quantitative estimate of drug-likeness (QED) is 0.652. The van der Waals surface area contributed by atoms with Gasteiger partial charge in [0, 0.05) is 31.2 Å². The average molecular weight is 229 g/mol. The summed E-state index contributed by atoms with van der Waals surface area (Å²) >= 11 is 1.67. The van der Waals surface area contributed by atoms with Crippen molar-refractivity contribution in [1.29, 1.82) is 0 Å². The fourth-order valence-electron chi connectivity index (χ4n) is 2.32. The summed E-state index contributed by atoms with van der Waals surface area (Å²) < 4.78 is 5.13. The van der Waals surface area contributed by atoms with Crippen LogP contribution in [0.4, 0.5) is 0 Å². The molecule has 2 heterocycles. The minimum atomic E-state index is -0.374. The van der Waals surface area contributed by atoms with Crippen LogP contribution >= 0.6 is 11.8 Å². The van der Waals surface area contributed by atoms with Crippen LogP contribution in [0.25, 0.3) is 0 Å². The highest BCUT2D eigenvalue weighted by Crippen LogP contribution is 2.33. The van der Waals surface area contributed by atoms with E-state index in [4.69, 9.17) is 4.74 Å². The number of hydrogen-bond donors (Lipinski definition) is 0. The number of rotatable bonds is 2. The van der Waals surface area contributed by atoms with E-state index in [0.717, 1.165) is 18.6 Å². The van der Waals surface area contributed by atoms with Gasteiger partial charge < -0.3 is 9.64 Å². The van der Waals surface area contributed by atoms with Crippen molar-refractivity contribution in [3.63, 3.8) is 0 Å². The second kappa shape index (κ2) is 4.04. The Kier molecular flexibility index (Phi) is 2.91. The van der Waals surface area contributed by atoms with Crippen LogP contribution < -0.4 is 0 Å². The molecule has 84 valence electrons. The summed E-state index contributed by atoms with van der Waals surface area (Å²) in [6.07, 6.45) is 1.52. The predicted octanol–water partition coefficient (Wildman–Crippen LogP) is 0.656. The normalized spacial score (nSPS) is 35.9. The molecule has 2 saturated heterocycles. The number of carbonyl (C=O) groups excluding carboxylic acids is 2. The molecule has 2 aliphatic heterocycles. The molecule has 0 bridgehead atoms. The fraction of sp³-hybridized carbons (Fsp3) is 0.800. The lowest BCUT2D eigenvalue weighted by molar-refractivity contribution is -0.152. The van der Waals surface area contributed by atoms with Crippen LogP contribution in [0.5, 0.6) is 0 Å². The van der Waals surface area contributed by atoms with Gasteiger partial charge in [-0.1, -0.05) is 0 Å². The van der Waals surface area contributed by atoms with Crippen molar-refractivity contribution < 1.29 is 14.3 Å². The summed E-state index contributed by atoms with van der Waals surface area (Å²) in [6, 6.07) is 0.245. The first-order valence-corrected chi connectivity index (χ1v) is 6.29. The predicted molar refractivity (Wildman–Crippen MR) is 57.6 cm³/mol. The molecule has 0 aromatic carbocycles. The van der Waals surface area contributed by atoms with Crippen molar-refractivity contribution in [3.8, 4) is 0 Å². The third kappa shape index (κ3) is 2.12. The smallest absolute Gasteiger partial charge is 0.293 e. The minimum Gasteiger partial charge on any atom is -0.461 e.